The first-order chi connectivity index (χ1) is 12.5. The Morgan fingerprint density at radius 1 is 1.15 bits per heavy atom. The summed E-state index contributed by atoms with van der Waals surface area (Å²) in [7, 11) is 3.07. The largest absolute Gasteiger partial charge is 0.493 e. The van der Waals surface area contributed by atoms with E-state index in [1.54, 1.807) is 25.3 Å². The number of hydrogen-bond donors (Lipinski definition) is 2. The maximum Gasteiger partial charge on any atom is 0.305 e. The van der Waals surface area contributed by atoms with E-state index in [0.717, 1.165) is 32.1 Å². The Balaban J connectivity index is 2.12. The molecule has 26 heavy (non-hydrogen) atoms. The van der Waals surface area contributed by atoms with Crippen LogP contribution in [0.25, 0.3) is 0 Å². The number of carboxylic acid groups (broad SMARTS) is 1. The first kappa shape index (κ1) is 20.1. The molecule has 0 aromatic heterocycles. The highest BCUT2D eigenvalue weighted by atomic mass is 16.5. The van der Waals surface area contributed by atoms with Crippen LogP contribution in [0.1, 0.15) is 57.1 Å². The van der Waals surface area contributed by atoms with E-state index in [2.05, 4.69) is 12.2 Å². The van der Waals surface area contributed by atoms with Gasteiger partial charge in [0.15, 0.2) is 11.5 Å². The Morgan fingerprint density at radius 3 is 2.35 bits per heavy atom. The van der Waals surface area contributed by atoms with Crippen molar-refractivity contribution in [2.45, 2.75) is 51.5 Å². The molecule has 2 rings (SSSR count). The molecular formula is C20H29NO5. The maximum absolute atomic E-state index is 12.7. The van der Waals surface area contributed by atoms with Crippen molar-refractivity contribution in [2.75, 3.05) is 14.2 Å². The molecule has 144 valence electrons. The molecule has 2 N–H and O–H groups in total. The van der Waals surface area contributed by atoms with Gasteiger partial charge < -0.3 is 19.9 Å². The zero-order valence-corrected chi connectivity index (χ0v) is 15.8. The fourth-order valence-corrected chi connectivity index (χ4v) is 3.62. The van der Waals surface area contributed by atoms with E-state index in [1.165, 1.54) is 7.11 Å². The molecule has 1 fully saturated rings. The summed E-state index contributed by atoms with van der Waals surface area (Å²) in [6.07, 6.45) is 4.85. The quantitative estimate of drug-likeness (QED) is 0.738. The second kappa shape index (κ2) is 9.46. The van der Waals surface area contributed by atoms with Gasteiger partial charge in [0, 0.05) is 5.92 Å². The van der Waals surface area contributed by atoms with Crippen molar-refractivity contribution >= 4 is 11.9 Å². The number of nitrogens with one attached hydrogen (secondary N) is 1. The molecule has 1 unspecified atom stereocenters. The van der Waals surface area contributed by atoms with Crippen LogP contribution < -0.4 is 14.8 Å². The Kier molecular flexibility index (Phi) is 7.30. The monoisotopic (exact) mass is 363 g/mol. The zero-order chi connectivity index (χ0) is 19.1. The lowest BCUT2D eigenvalue weighted by molar-refractivity contribution is -0.138. The maximum atomic E-state index is 12.7. The van der Waals surface area contributed by atoms with Crippen LogP contribution in [-0.4, -0.2) is 31.2 Å². The second-order valence-electron chi connectivity index (χ2n) is 6.90. The van der Waals surface area contributed by atoms with E-state index >= 15 is 0 Å². The Labute approximate surface area is 154 Å². The Bertz CT molecular complexity index is 623. The van der Waals surface area contributed by atoms with Gasteiger partial charge >= 0.3 is 5.97 Å². The first-order valence-electron chi connectivity index (χ1n) is 9.22. The van der Waals surface area contributed by atoms with Gasteiger partial charge in [0.2, 0.25) is 5.91 Å². The van der Waals surface area contributed by atoms with Gasteiger partial charge in [-0.05, 0) is 49.3 Å². The molecule has 0 aliphatic heterocycles. The number of carboxylic acids is 1. The molecule has 1 saturated carbocycles. The summed E-state index contributed by atoms with van der Waals surface area (Å²) in [6, 6.07) is 4.62. The predicted octanol–water partition coefficient (Wildman–Crippen LogP) is 3.55. The lowest BCUT2D eigenvalue weighted by Crippen LogP contribution is -2.36. The third kappa shape index (κ3) is 5.13. The van der Waals surface area contributed by atoms with Gasteiger partial charge in [-0.25, -0.2) is 0 Å². The second-order valence-corrected chi connectivity index (χ2v) is 6.90. The van der Waals surface area contributed by atoms with Gasteiger partial charge in [0.25, 0.3) is 0 Å². The Morgan fingerprint density at radius 2 is 1.81 bits per heavy atom. The fraction of sp³-hybridized carbons (Fsp3) is 0.600. The molecule has 0 heterocycles. The number of carbonyl (C=O) groups is 2. The molecule has 0 spiro atoms. The molecule has 6 heteroatoms. The van der Waals surface area contributed by atoms with Crippen LogP contribution in [0.4, 0.5) is 0 Å². The average molecular weight is 363 g/mol. The minimum absolute atomic E-state index is 0.0331. The predicted molar refractivity (Wildman–Crippen MR) is 98.4 cm³/mol. The van der Waals surface area contributed by atoms with E-state index in [4.69, 9.17) is 9.47 Å². The van der Waals surface area contributed by atoms with Crippen LogP contribution in [-0.2, 0) is 9.59 Å². The molecule has 1 aliphatic carbocycles. The third-order valence-corrected chi connectivity index (χ3v) is 5.30. The first-order valence-corrected chi connectivity index (χ1v) is 9.22. The smallest absolute Gasteiger partial charge is 0.305 e. The van der Waals surface area contributed by atoms with Crippen LogP contribution in [0.15, 0.2) is 18.2 Å². The number of amides is 1. The molecule has 1 aromatic carbocycles. The molecular weight excluding hydrogens is 334 g/mol. The third-order valence-electron chi connectivity index (χ3n) is 5.30. The van der Waals surface area contributed by atoms with Gasteiger partial charge in [0.05, 0.1) is 26.7 Å². The SMILES string of the molecule is CCC1CCC(C(=O)NC(CC(=O)O)c2ccc(OC)c(OC)c2)CC1. The average Bonchev–Trinajstić information content (AvgIpc) is 2.66. The summed E-state index contributed by atoms with van der Waals surface area (Å²) in [5, 5.41) is 12.2. The van der Waals surface area contributed by atoms with Crippen molar-refractivity contribution in [1.82, 2.24) is 5.32 Å². The van der Waals surface area contributed by atoms with E-state index in [0.29, 0.717) is 23.0 Å². The van der Waals surface area contributed by atoms with Gasteiger partial charge in [-0.15, -0.1) is 0 Å². The number of aliphatic carboxylic acids is 1. The molecule has 1 amide bonds. The van der Waals surface area contributed by atoms with Crippen LogP contribution in [0.3, 0.4) is 0 Å². The molecule has 6 nitrogen and oxygen atoms in total. The molecule has 0 bridgehead atoms. The minimum Gasteiger partial charge on any atom is -0.493 e. The van der Waals surface area contributed by atoms with Gasteiger partial charge in [-0.3, -0.25) is 9.59 Å². The van der Waals surface area contributed by atoms with E-state index < -0.39 is 12.0 Å². The summed E-state index contributed by atoms with van der Waals surface area (Å²) < 4.78 is 10.5. The van der Waals surface area contributed by atoms with Gasteiger partial charge in [-0.1, -0.05) is 19.4 Å². The van der Waals surface area contributed by atoms with Crippen molar-refractivity contribution in [3.8, 4) is 11.5 Å². The van der Waals surface area contributed by atoms with Crippen molar-refractivity contribution < 1.29 is 24.2 Å². The molecule has 0 saturated heterocycles. The normalized spacial score (nSPS) is 20.9. The summed E-state index contributed by atoms with van der Waals surface area (Å²) in [5.74, 6) is 0.738. The fourth-order valence-electron chi connectivity index (χ4n) is 3.62. The number of methoxy groups -OCH3 is 2. The van der Waals surface area contributed by atoms with Crippen LogP contribution in [0, 0.1) is 11.8 Å². The highest BCUT2D eigenvalue weighted by molar-refractivity contribution is 5.80. The summed E-state index contributed by atoms with van der Waals surface area (Å²) in [5.41, 5.74) is 0.695. The lowest BCUT2D eigenvalue weighted by Gasteiger charge is -2.28. The topological polar surface area (TPSA) is 84.9 Å². The summed E-state index contributed by atoms with van der Waals surface area (Å²) in [4.78, 5) is 24.0. The van der Waals surface area contributed by atoms with Crippen LogP contribution in [0.5, 0.6) is 11.5 Å². The highest BCUT2D eigenvalue weighted by Gasteiger charge is 2.28. The van der Waals surface area contributed by atoms with Crippen molar-refractivity contribution in [3.63, 3.8) is 0 Å². The Hall–Kier alpha value is -2.24. The minimum atomic E-state index is -0.959. The highest BCUT2D eigenvalue weighted by Crippen LogP contribution is 2.33. The van der Waals surface area contributed by atoms with Crippen molar-refractivity contribution in [3.05, 3.63) is 23.8 Å². The number of ether oxygens (including phenoxy) is 2. The summed E-state index contributed by atoms with van der Waals surface area (Å²) in [6.45, 7) is 2.19. The van der Waals surface area contributed by atoms with Crippen molar-refractivity contribution in [1.29, 1.82) is 0 Å². The lowest BCUT2D eigenvalue weighted by atomic mass is 9.80. The standard InChI is InChI=1S/C20H29NO5/c1-4-13-5-7-14(8-6-13)20(24)21-16(12-19(22)23)15-9-10-17(25-2)18(11-15)26-3/h9-11,13-14,16H,4-8,12H2,1-3H3,(H,21,24)(H,22,23). The molecule has 1 atom stereocenters. The van der Waals surface area contributed by atoms with Crippen LogP contribution >= 0.6 is 0 Å². The molecule has 0 radical (unpaired) electrons. The number of benzene rings is 1. The molecule has 1 aliphatic rings. The van der Waals surface area contributed by atoms with Gasteiger partial charge in [-0.2, -0.15) is 0 Å². The van der Waals surface area contributed by atoms with E-state index in [9.17, 15) is 14.7 Å². The molecule has 1 aromatic rings. The van der Waals surface area contributed by atoms with E-state index in [1.807, 2.05) is 0 Å². The van der Waals surface area contributed by atoms with E-state index in [-0.39, 0.29) is 18.2 Å². The van der Waals surface area contributed by atoms with Gasteiger partial charge in [0.1, 0.15) is 0 Å². The summed E-state index contributed by atoms with van der Waals surface area (Å²) >= 11 is 0. The number of hydrogen-bond acceptors (Lipinski definition) is 4. The van der Waals surface area contributed by atoms with Crippen LogP contribution in [0.2, 0.25) is 0 Å². The number of carbonyl (C=O) groups excluding carboxylic acids is 1. The van der Waals surface area contributed by atoms with Crippen molar-refractivity contribution in [2.24, 2.45) is 11.8 Å². The number of rotatable bonds is 8. The zero-order valence-electron chi connectivity index (χ0n) is 15.8.